The lowest BCUT2D eigenvalue weighted by Crippen LogP contribution is -2.45. The van der Waals surface area contributed by atoms with Gasteiger partial charge >= 0.3 is 0 Å². The van der Waals surface area contributed by atoms with Crippen molar-refractivity contribution in [3.63, 3.8) is 0 Å². The monoisotopic (exact) mass is 239 g/mol. The second kappa shape index (κ2) is 5.83. The van der Waals surface area contributed by atoms with Gasteiger partial charge in [0.05, 0.1) is 6.04 Å². The SMILES string of the molecule is CN(C)C(=O)C1CCCN1CC1CCNCC1. The van der Waals surface area contributed by atoms with Gasteiger partial charge in [-0.1, -0.05) is 0 Å². The minimum Gasteiger partial charge on any atom is -0.347 e. The van der Waals surface area contributed by atoms with Gasteiger partial charge in [0.25, 0.3) is 0 Å². The van der Waals surface area contributed by atoms with Crippen molar-refractivity contribution in [2.75, 3.05) is 40.3 Å². The van der Waals surface area contributed by atoms with E-state index in [1.54, 1.807) is 4.90 Å². The zero-order chi connectivity index (χ0) is 12.3. The summed E-state index contributed by atoms with van der Waals surface area (Å²) in [6.07, 6.45) is 4.75. The van der Waals surface area contributed by atoms with E-state index in [4.69, 9.17) is 0 Å². The predicted octanol–water partition coefficient (Wildman–Crippen LogP) is 0.539. The Kier molecular flexibility index (Phi) is 4.40. The molecule has 2 fully saturated rings. The summed E-state index contributed by atoms with van der Waals surface area (Å²) in [7, 11) is 3.73. The minimum atomic E-state index is 0.153. The molecule has 4 nitrogen and oxygen atoms in total. The van der Waals surface area contributed by atoms with Crippen LogP contribution in [0.25, 0.3) is 0 Å². The first kappa shape index (κ1) is 12.8. The van der Waals surface area contributed by atoms with Gasteiger partial charge in [-0.2, -0.15) is 0 Å². The number of hydrogen-bond acceptors (Lipinski definition) is 3. The van der Waals surface area contributed by atoms with E-state index in [0.717, 1.165) is 38.5 Å². The molecule has 0 radical (unpaired) electrons. The van der Waals surface area contributed by atoms with E-state index in [1.807, 2.05) is 14.1 Å². The second-order valence-electron chi connectivity index (χ2n) is 5.58. The number of nitrogens with one attached hydrogen (secondary N) is 1. The van der Waals surface area contributed by atoms with Crippen molar-refractivity contribution in [2.24, 2.45) is 5.92 Å². The van der Waals surface area contributed by atoms with Crippen molar-refractivity contribution in [2.45, 2.75) is 31.7 Å². The maximum absolute atomic E-state index is 12.1. The standard InChI is InChI=1S/C13H25N3O/c1-15(2)13(17)12-4-3-9-16(12)10-11-5-7-14-8-6-11/h11-12,14H,3-10H2,1-2H3. The highest BCUT2D eigenvalue weighted by Gasteiger charge is 2.32. The molecule has 2 rings (SSSR count). The average Bonchev–Trinajstić information content (AvgIpc) is 2.77. The van der Waals surface area contributed by atoms with Crippen molar-refractivity contribution in [1.29, 1.82) is 0 Å². The number of likely N-dealkylation sites (tertiary alicyclic amines) is 1. The van der Waals surface area contributed by atoms with Crippen LogP contribution < -0.4 is 5.32 Å². The van der Waals surface area contributed by atoms with Crippen molar-refractivity contribution >= 4 is 5.91 Å². The summed E-state index contributed by atoms with van der Waals surface area (Å²) < 4.78 is 0. The molecule has 17 heavy (non-hydrogen) atoms. The quantitative estimate of drug-likeness (QED) is 0.781. The number of amides is 1. The fraction of sp³-hybridized carbons (Fsp3) is 0.923. The van der Waals surface area contributed by atoms with Gasteiger partial charge in [-0.15, -0.1) is 0 Å². The average molecular weight is 239 g/mol. The third kappa shape index (κ3) is 3.19. The molecule has 2 heterocycles. The van der Waals surface area contributed by atoms with Crippen LogP contribution in [0.2, 0.25) is 0 Å². The molecular weight excluding hydrogens is 214 g/mol. The molecule has 0 aromatic rings. The van der Waals surface area contributed by atoms with Crippen LogP contribution in [0.4, 0.5) is 0 Å². The number of rotatable bonds is 3. The highest BCUT2D eigenvalue weighted by molar-refractivity contribution is 5.81. The van der Waals surface area contributed by atoms with Crippen LogP contribution in [-0.2, 0) is 4.79 Å². The van der Waals surface area contributed by atoms with E-state index in [0.29, 0.717) is 0 Å². The van der Waals surface area contributed by atoms with E-state index in [1.165, 1.54) is 19.3 Å². The minimum absolute atomic E-state index is 0.153. The summed E-state index contributed by atoms with van der Waals surface area (Å²) in [6.45, 7) is 4.51. The Labute approximate surface area is 104 Å². The lowest BCUT2D eigenvalue weighted by Gasteiger charge is -2.31. The van der Waals surface area contributed by atoms with Gasteiger partial charge in [0.2, 0.25) is 5.91 Å². The van der Waals surface area contributed by atoms with Crippen LogP contribution >= 0.6 is 0 Å². The van der Waals surface area contributed by atoms with Gasteiger partial charge in [-0.25, -0.2) is 0 Å². The number of hydrogen-bond donors (Lipinski definition) is 1. The molecule has 1 amide bonds. The number of carbonyl (C=O) groups is 1. The number of likely N-dealkylation sites (N-methyl/N-ethyl adjacent to an activating group) is 1. The molecular formula is C13H25N3O. The Morgan fingerprint density at radius 1 is 1.29 bits per heavy atom. The number of carbonyl (C=O) groups excluding carboxylic acids is 1. The third-order valence-corrected chi connectivity index (χ3v) is 4.04. The Bertz CT molecular complexity index is 261. The maximum atomic E-state index is 12.1. The summed E-state index contributed by atoms with van der Waals surface area (Å²) in [6, 6.07) is 0.153. The Morgan fingerprint density at radius 2 is 2.00 bits per heavy atom. The summed E-state index contributed by atoms with van der Waals surface area (Å²) >= 11 is 0. The second-order valence-corrected chi connectivity index (χ2v) is 5.58. The fourth-order valence-corrected chi connectivity index (χ4v) is 3.02. The first-order chi connectivity index (χ1) is 8.18. The van der Waals surface area contributed by atoms with Crippen LogP contribution in [0.3, 0.4) is 0 Å². The zero-order valence-corrected chi connectivity index (χ0v) is 11.1. The molecule has 1 N–H and O–H groups in total. The smallest absolute Gasteiger partial charge is 0.239 e. The van der Waals surface area contributed by atoms with Crippen LogP contribution in [0.15, 0.2) is 0 Å². The molecule has 0 aromatic carbocycles. The lowest BCUT2D eigenvalue weighted by molar-refractivity contribution is -0.133. The fourth-order valence-electron chi connectivity index (χ4n) is 3.02. The van der Waals surface area contributed by atoms with Gasteiger partial charge in [-0.3, -0.25) is 9.69 Å². The lowest BCUT2D eigenvalue weighted by atomic mass is 9.97. The van der Waals surface area contributed by atoms with Gasteiger partial charge in [0, 0.05) is 20.6 Å². The van der Waals surface area contributed by atoms with E-state index in [2.05, 4.69) is 10.2 Å². The van der Waals surface area contributed by atoms with Crippen molar-refractivity contribution in [3.8, 4) is 0 Å². The van der Waals surface area contributed by atoms with Crippen LogP contribution in [0, 0.1) is 5.92 Å². The molecule has 98 valence electrons. The van der Waals surface area contributed by atoms with E-state index >= 15 is 0 Å². The van der Waals surface area contributed by atoms with Crippen molar-refractivity contribution in [3.05, 3.63) is 0 Å². The summed E-state index contributed by atoms with van der Waals surface area (Å²) in [5.41, 5.74) is 0. The summed E-state index contributed by atoms with van der Waals surface area (Å²) in [5.74, 6) is 1.07. The first-order valence-electron chi connectivity index (χ1n) is 6.84. The van der Waals surface area contributed by atoms with Gasteiger partial charge in [0.1, 0.15) is 0 Å². The summed E-state index contributed by atoms with van der Waals surface area (Å²) in [5, 5.41) is 3.40. The summed E-state index contributed by atoms with van der Waals surface area (Å²) in [4.78, 5) is 16.2. The predicted molar refractivity (Wildman–Crippen MR) is 68.9 cm³/mol. The van der Waals surface area contributed by atoms with E-state index in [-0.39, 0.29) is 11.9 Å². The van der Waals surface area contributed by atoms with Crippen molar-refractivity contribution < 1.29 is 4.79 Å². The molecule has 4 heteroatoms. The number of piperidine rings is 1. The normalized spacial score (nSPS) is 27.3. The topological polar surface area (TPSA) is 35.6 Å². The molecule has 2 aliphatic heterocycles. The Hall–Kier alpha value is -0.610. The van der Waals surface area contributed by atoms with Crippen molar-refractivity contribution in [1.82, 2.24) is 15.1 Å². The largest absolute Gasteiger partial charge is 0.347 e. The highest BCUT2D eigenvalue weighted by Crippen LogP contribution is 2.22. The molecule has 0 spiro atoms. The molecule has 0 saturated carbocycles. The number of nitrogens with zero attached hydrogens (tertiary/aromatic N) is 2. The van der Waals surface area contributed by atoms with E-state index in [9.17, 15) is 4.79 Å². The first-order valence-corrected chi connectivity index (χ1v) is 6.84. The zero-order valence-electron chi connectivity index (χ0n) is 11.1. The van der Waals surface area contributed by atoms with E-state index < -0.39 is 0 Å². The van der Waals surface area contributed by atoms with Crippen LogP contribution in [-0.4, -0.2) is 62.0 Å². The molecule has 1 unspecified atom stereocenters. The van der Waals surface area contributed by atoms with Gasteiger partial charge < -0.3 is 10.2 Å². The van der Waals surface area contributed by atoms with Gasteiger partial charge in [-0.05, 0) is 51.2 Å². The molecule has 2 aliphatic rings. The third-order valence-electron chi connectivity index (χ3n) is 4.04. The molecule has 0 bridgehead atoms. The maximum Gasteiger partial charge on any atom is 0.239 e. The van der Waals surface area contributed by atoms with Crippen LogP contribution in [0.5, 0.6) is 0 Å². The Morgan fingerprint density at radius 3 is 2.65 bits per heavy atom. The van der Waals surface area contributed by atoms with Gasteiger partial charge in [0.15, 0.2) is 0 Å². The molecule has 0 aliphatic carbocycles. The molecule has 0 aromatic heterocycles. The Balaban J connectivity index is 1.88. The molecule has 2 saturated heterocycles. The molecule has 1 atom stereocenters. The van der Waals surface area contributed by atoms with Crippen LogP contribution in [0.1, 0.15) is 25.7 Å². The highest BCUT2D eigenvalue weighted by atomic mass is 16.2.